The summed E-state index contributed by atoms with van der Waals surface area (Å²) in [6.07, 6.45) is 1.48. The number of benzene rings is 4. The number of hydrogen-bond donors (Lipinski definition) is 3. The smallest absolute Gasteiger partial charge is 0.253 e. The molecule has 0 radical (unpaired) electrons. The lowest BCUT2D eigenvalue weighted by Crippen LogP contribution is -2.50. The highest BCUT2D eigenvalue weighted by molar-refractivity contribution is 6.30. The van der Waals surface area contributed by atoms with Gasteiger partial charge in [0.05, 0.1) is 12.5 Å². The number of nitrogens with one attached hydrogen (secondary N) is 1. The number of phenols is 1. The summed E-state index contributed by atoms with van der Waals surface area (Å²) < 4.78 is 0. The molecule has 4 aromatic carbocycles. The molecule has 1 unspecified atom stereocenters. The zero-order chi connectivity index (χ0) is 32.6. The third kappa shape index (κ3) is 8.71. The average Bonchev–Trinajstić information content (AvgIpc) is 3.08. The second-order valence-electron chi connectivity index (χ2n) is 11.6. The van der Waals surface area contributed by atoms with Crippen LogP contribution in [0, 0.1) is 0 Å². The normalized spacial score (nSPS) is 13.7. The van der Waals surface area contributed by atoms with Crippen LogP contribution in [0.5, 0.6) is 5.75 Å². The number of amides is 3. The Hall–Kier alpha value is -4.37. The van der Waals surface area contributed by atoms with Gasteiger partial charge in [-0.15, -0.1) is 12.4 Å². The predicted molar refractivity (Wildman–Crippen MR) is 188 cm³/mol. The molecule has 5 rings (SSSR count). The maximum absolute atomic E-state index is 14.1. The highest BCUT2D eigenvalue weighted by Crippen LogP contribution is 2.32. The molecule has 4 N–H and O–H groups in total. The van der Waals surface area contributed by atoms with E-state index in [0.29, 0.717) is 55.2 Å². The van der Waals surface area contributed by atoms with Crippen molar-refractivity contribution in [2.75, 3.05) is 26.2 Å². The van der Waals surface area contributed by atoms with Gasteiger partial charge in [0.1, 0.15) is 5.75 Å². The number of phenolic OH excluding ortho intramolecular Hbond substituents is 1. The third-order valence-corrected chi connectivity index (χ3v) is 8.77. The molecular formula is C37H40Cl2N4O4. The second kappa shape index (κ2) is 16.5. The predicted octanol–water partition coefficient (Wildman–Crippen LogP) is 6.26. The Kier molecular flexibility index (Phi) is 12.4. The number of halogens is 2. The molecule has 1 heterocycles. The lowest BCUT2D eigenvalue weighted by atomic mass is 9.93. The molecule has 3 amide bonds. The van der Waals surface area contributed by atoms with E-state index in [2.05, 4.69) is 5.32 Å². The molecule has 1 aliphatic rings. The van der Waals surface area contributed by atoms with Crippen molar-refractivity contribution in [2.45, 2.75) is 38.3 Å². The van der Waals surface area contributed by atoms with Crippen LogP contribution < -0.4 is 11.1 Å². The van der Waals surface area contributed by atoms with E-state index in [1.807, 2.05) is 71.3 Å². The minimum absolute atomic E-state index is 0. The zero-order valence-electron chi connectivity index (χ0n) is 26.3. The molecule has 8 nitrogen and oxygen atoms in total. The van der Waals surface area contributed by atoms with Crippen LogP contribution in [0.3, 0.4) is 0 Å². The van der Waals surface area contributed by atoms with Gasteiger partial charge in [0.25, 0.3) is 11.8 Å². The van der Waals surface area contributed by atoms with Gasteiger partial charge in [-0.2, -0.15) is 0 Å². The van der Waals surface area contributed by atoms with Crippen molar-refractivity contribution in [3.05, 3.63) is 124 Å². The number of piperidine rings is 1. The van der Waals surface area contributed by atoms with Crippen LogP contribution >= 0.6 is 24.0 Å². The van der Waals surface area contributed by atoms with Gasteiger partial charge in [-0.1, -0.05) is 60.1 Å². The summed E-state index contributed by atoms with van der Waals surface area (Å²) in [5, 5.41) is 13.1. The van der Waals surface area contributed by atoms with Crippen molar-refractivity contribution >= 4 is 41.7 Å². The molecule has 4 aromatic rings. The number of rotatable bonds is 10. The first-order chi connectivity index (χ1) is 22.2. The Morgan fingerprint density at radius 1 is 0.957 bits per heavy atom. The Balaban J connectivity index is 0.00000500. The molecule has 246 valence electrons. The summed E-state index contributed by atoms with van der Waals surface area (Å²) in [5.41, 5.74) is 10.2. The number of nitrogens with zero attached hydrogens (tertiary/aromatic N) is 2. The molecule has 47 heavy (non-hydrogen) atoms. The lowest BCUT2D eigenvalue weighted by Gasteiger charge is -2.42. The van der Waals surface area contributed by atoms with E-state index in [9.17, 15) is 19.5 Å². The number of hydrogen-bond acceptors (Lipinski definition) is 5. The second-order valence-corrected chi connectivity index (χ2v) is 12.0. The van der Waals surface area contributed by atoms with Crippen molar-refractivity contribution < 1.29 is 19.5 Å². The van der Waals surface area contributed by atoms with Crippen molar-refractivity contribution in [2.24, 2.45) is 5.73 Å². The lowest BCUT2D eigenvalue weighted by molar-refractivity contribution is -0.136. The molecule has 10 heteroatoms. The molecule has 0 spiro atoms. The Morgan fingerprint density at radius 2 is 1.64 bits per heavy atom. The van der Waals surface area contributed by atoms with E-state index < -0.39 is 0 Å². The quantitative estimate of drug-likeness (QED) is 0.184. The minimum atomic E-state index is -0.276. The molecule has 1 fully saturated rings. The van der Waals surface area contributed by atoms with E-state index >= 15 is 0 Å². The van der Waals surface area contributed by atoms with Crippen molar-refractivity contribution in [1.29, 1.82) is 0 Å². The number of nitrogens with two attached hydrogens (primary N) is 1. The first-order valence-electron chi connectivity index (χ1n) is 15.6. The largest absolute Gasteiger partial charge is 0.508 e. The molecule has 0 aliphatic carbocycles. The Morgan fingerprint density at radius 3 is 2.32 bits per heavy atom. The highest BCUT2D eigenvalue weighted by Gasteiger charge is 2.33. The summed E-state index contributed by atoms with van der Waals surface area (Å²) in [6.45, 7) is 3.78. The maximum atomic E-state index is 14.1. The molecule has 0 bridgehead atoms. The van der Waals surface area contributed by atoms with Crippen molar-refractivity contribution in [1.82, 2.24) is 15.1 Å². The first kappa shape index (κ1) is 35.5. The third-order valence-electron chi connectivity index (χ3n) is 8.51. The SMILES string of the molecule is CC(c1cccc(-c2ccccc2C(=O)NCCN)c1)N(C(=O)Cc1ccc(Cl)cc1)C1CCN(C(=O)c2ccc(O)cc2)CC1.Cl. The van der Waals surface area contributed by atoms with Gasteiger partial charge in [0.2, 0.25) is 5.91 Å². The topological polar surface area (TPSA) is 116 Å². The van der Waals surface area contributed by atoms with E-state index in [-0.39, 0.29) is 54.4 Å². The molecule has 0 saturated carbocycles. The van der Waals surface area contributed by atoms with Gasteiger partial charge in [-0.05, 0) is 90.6 Å². The molecule has 1 atom stereocenters. The van der Waals surface area contributed by atoms with Crippen LogP contribution in [0.1, 0.15) is 57.7 Å². The van der Waals surface area contributed by atoms with Crippen molar-refractivity contribution in [3.63, 3.8) is 0 Å². The van der Waals surface area contributed by atoms with Crippen LogP contribution in [0.2, 0.25) is 5.02 Å². The minimum Gasteiger partial charge on any atom is -0.508 e. The van der Waals surface area contributed by atoms with Gasteiger partial charge in [-0.25, -0.2) is 0 Å². The average molecular weight is 676 g/mol. The summed E-state index contributed by atoms with van der Waals surface area (Å²) in [7, 11) is 0. The first-order valence-corrected chi connectivity index (χ1v) is 15.9. The fraction of sp³-hybridized carbons (Fsp3) is 0.270. The van der Waals surface area contributed by atoms with Crippen LogP contribution in [0.15, 0.2) is 97.1 Å². The standard InChI is InChI=1S/C37H39ClN4O4.ClH/c1-25(28-5-4-6-29(24-28)33-7-2-3-8-34(33)36(45)40-20-19-39)42(35(44)23-26-9-13-30(38)14-10-26)31-17-21-41(22-18-31)37(46)27-11-15-32(43)16-12-27;/h2-16,24-25,31,43H,17-23,39H2,1H3,(H,40,45);1H. The van der Waals surface area contributed by atoms with Crippen LogP contribution in [0.4, 0.5) is 0 Å². The molecule has 0 aromatic heterocycles. The monoisotopic (exact) mass is 674 g/mol. The van der Waals surface area contributed by atoms with E-state index in [1.165, 1.54) is 12.1 Å². The van der Waals surface area contributed by atoms with Crippen LogP contribution in [0.25, 0.3) is 11.1 Å². The summed E-state index contributed by atoms with van der Waals surface area (Å²) in [6, 6.07) is 28.7. The van der Waals surface area contributed by atoms with Crippen LogP contribution in [-0.2, 0) is 11.2 Å². The number of carbonyl (C=O) groups excluding carboxylic acids is 3. The zero-order valence-corrected chi connectivity index (χ0v) is 27.8. The van der Waals surface area contributed by atoms with Gasteiger partial charge in [0, 0.05) is 48.4 Å². The molecular weight excluding hydrogens is 635 g/mol. The fourth-order valence-corrected chi connectivity index (χ4v) is 6.20. The highest BCUT2D eigenvalue weighted by atomic mass is 35.5. The summed E-state index contributed by atoms with van der Waals surface area (Å²) in [5.74, 6) is -0.174. The number of carbonyl (C=O) groups is 3. The van der Waals surface area contributed by atoms with Gasteiger partial charge < -0.3 is 26.0 Å². The summed E-state index contributed by atoms with van der Waals surface area (Å²) in [4.78, 5) is 44.0. The Bertz CT molecular complexity index is 1670. The van der Waals surface area contributed by atoms with E-state index in [4.69, 9.17) is 17.3 Å². The summed E-state index contributed by atoms with van der Waals surface area (Å²) >= 11 is 6.10. The molecule has 1 saturated heterocycles. The maximum Gasteiger partial charge on any atom is 0.253 e. The van der Waals surface area contributed by atoms with Gasteiger partial charge in [-0.3, -0.25) is 14.4 Å². The van der Waals surface area contributed by atoms with Gasteiger partial charge in [0.15, 0.2) is 0 Å². The van der Waals surface area contributed by atoms with Crippen molar-refractivity contribution in [3.8, 4) is 16.9 Å². The molecule has 1 aliphatic heterocycles. The van der Waals surface area contributed by atoms with E-state index in [0.717, 1.165) is 22.3 Å². The van der Waals surface area contributed by atoms with Crippen LogP contribution in [-0.4, -0.2) is 64.8 Å². The fourth-order valence-electron chi connectivity index (χ4n) is 6.08. The van der Waals surface area contributed by atoms with E-state index in [1.54, 1.807) is 30.3 Å². The Labute approximate surface area is 286 Å². The van der Waals surface area contributed by atoms with Gasteiger partial charge >= 0.3 is 0 Å². The number of aromatic hydroxyl groups is 1. The number of likely N-dealkylation sites (tertiary alicyclic amines) is 1.